The number of para-hydroxylation sites is 1. The van der Waals surface area contributed by atoms with Gasteiger partial charge in [0.1, 0.15) is 11.9 Å². The Kier molecular flexibility index (Phi) is 8.22. The maximum atomic E-state index is 12.1. The lowest BCUT2D eigenvalue weighted by atomic mass is 9.96. The highest BCUT2D eigenvalue weighted by molar-refractivity contribution is 6.39. The monoisotopic (exact) mass is 517 g/mol. The molecular formula is C26H26Cl3N3O2. The predicted octanol–water partition coefficient (Wildman–Crippen LogP) is 7.02. The largest absolute Gasteiger partial charge is 0.490 e. The molecule has 0 bridgehead atoms. The maximum Gasteiger partial charge on any atom is 0.221 e. The molecule has 1 saturated heterocycles. The highest BCUT2D eigenvalue weighted by Crippen LogP contribution is 2.39. The number of halogens is 3. The standard InChI is InChI=1S/C26H26Cl3N3O2/c1-16(33)32-25-14-18(34-17-9-11-30-12-10-17)13-20(19-5-2-3-6-22(19)27)21(25)15-31-26-23(28)7-4-8-24(26)29/h2-8,13-14,17,30-31H,9-12,15H2,1H3,(H,32,33). The molecule has 0 aliphatic carbocycles. The van der Waals surface area contributed by atoms with E-state index in [-0.39, 0.29) is 12.0 Å². The molecule has 0 atom stereocenters. The van der Waals surface area contributed by atoms with Gasteiger partial charge in [-0.1, -0.05) is 59.1 Å². The molecular weight excluding hydrogens is 493 g/mol. The van der Waals surface area contributed by atoms with E-state index in [1.165, 1.54) is 6.92 Å². The van der Waals surface area contributed by atoms with Gasteiger partial charge < -0.3 is 20.7 Å². The highest BCUT2D eigenvalue weighted by atomic mass is 35.5. The van der Waals surface area contributed by atoms with Crippen molar-refractivity contribution in [3.63, 3.8) is 0 Å². The van der Waals surface area contributed by atoms with Crippen LogP contribution in [0.2, 0.25) is 15.1 Å². The Labute approximate surface area is 214 Å². The van der Waals surface area contributed by atoms with Crippen LogP contribution in [0.1, 0.15) is 25.3 Å². The zero-order valence-corrected chi connectivity index (χ0v) is 21.0. The van der Waals surface area contributed by atoms with Crippen LogP contribution in [-0.2, 0) is 11.3 Å². The number of ether oxygens (including phenoxy) is 1. The van der Waals surface area contributed by atoms with Gasteiger partial charge >= 0.3 is 0 Å². The fourth-order valence-corrected chi connectivity index (χ4v) is 4.84. The molecule has 0 saturated carbocycles. The van der Waals surface area contributed by atoms with E-state index in [4.69, 9.17) is 39.5 Å². The second-order valence-corrected chi connectivity index (χ2v) is 9.40. The summed E-state index contributed by atoms with van der Waals surface area (Å²) in [6.45, 7) is 3.67. The number of carbonyl (C=O) groups is 1. The highest BCUT2D eigenvalue weighted by Gasteiger charge is 2.20. The number of nitrogens with one attached hydrogen (secondary N) is 3. The molecule has 0 unspecified atom stereocenters. The van der Waals surface area contributed by atoms with Crippen LogP contribution in [0.3, 0.4) is 0 Å². The summed E-state index contributed by atoms with van der Waals surface area (Å²) in [6, 6.07) is 16.8. The number of hydrogen-bond donors (Lipinski definition) is 3. The van der Waals surface area contributed by atoms with Gasteiger partial charge in [0.05, 0.1) is 15.7 Å². The van der Waals surface area contributed by atoms with Crippen molar-refractivity contribution in [1.82, 2.24) is 5.32 Å². The molecule has 1 amide bonds. The van der Waals surface area contributed by atoms with E-state index in [0.29, 0.717) is 38.7 Å². The van der Waals surface area contributed by atoms with Crippen LogP contribution in [0.25, 0.3) is 11.1 Å². The molecule has 0 spiro atoms. The number of piperidine rings is 1. The third-order valence-electron chi connectivity index (χ3n) is 5.69. The van der Waals surface area contributed by atoms with E-state index in [1.54, 1.807) is 18.2 Å². The van der Waals surface area contributed by atoms with E-state index in [1.807, 2.05) is 36.4 Å². The summed E-state index contributed by atoms with van der Waals surface area (Å²) >= 11 is 19.3. The number of hydrogen-bond acceptors (Lipinski definition) is 4. The van der Waals surface area contributed by atoms with Gasteiger partial charge in [0.25, 0.3) is 0 Å². The Morgan fingerprint density at radius 1 is 0.971 bits per heavy atom. The van der Waals surface area contributed by atoms with Crippen LogP contribution >= 0.6 is 34.8 Å². The minimum atomic E-state index is -0.179. The van der Waals surface area contributed by atoms with Gasteiger partial charge in [-0.3, -0.25) is 4.79 Å². The van der Waals surface area contributed by atoms with Crippen LogP contribution < -0.4 is 20.7 Å². The Hall–Kier alpha value is -2.44. The summed E-state index contributed by atoms with van der Waals surface area (Å²) in [7, 11) is 0. The van der Waals surface area contributed by atoms with Gasteiger partial charge in [-0.25, -0.2) is 0 Å². The van der Waals surface area contributed by atoms with E-state index < -0.39 is 0 Å². The van der Waals surface area contributed by atoms with E-state index in [9.17, 15) is 4.79 Å². The lowest BCUT2D eigenvalue weighted by Gasteiger charge is -2.26. The summed E-state index contributed by atoms with van der Waals surface area (Å²) in [5, 5.41) is 11.3. The van der Waals surface area contributed by atoms with Crippen molar-refractivity contribution in [3.8, 4) is 16.9 Å². The lowest BCUT2D eigenvalue weighted by Crippen LogP contribution is -2.34. The van der Waals surface area contributed by atoms with Crippen LogP contribution in [0.4, 0.5) is 11.4 Å². The quantitative estimate of drug-likeness (QED) is 0.315. The average molecular weight is 519 g/mol. The minimum absolute atomic E-state index is 0.108. The number of benzene rings is 3. The Morgan fingerprint density at radius 2 is 1.65 bits per heavy atom. The molecule has 8 heteroatoms. The van der Waals surface area contributed by atoms with Crippen LogP contribution in [0.5, 0.6) is 5.75 Å². The van der Waals surface area contributed by atoms with Crippen molar-refractivity contribution in [2.24, 2.45) is 0 Å². The van der Waals surface area contributed by atoms with Crippen molar-refractivity contribution in [2.45, 2.75) is 32.4 Å². The first-order valence-electron chi connectivity index (χ1n) is 11.2. The number of amides is 1. The predicted molar refractivity (Wildman–Crippen MR) is 142 cm³/mol. The van der Waals surface area contributed by atoms with Gasteiger partial charge in [0.2, 0.25) is 5.91 Å². The Bertz CT molecular complexity index is 1160. The van der Waals surface area contributed by atoms with Gasteiger partial charge in [-0.2, -0.15) is 0 Å². The van der Waals surface area contributed by atoms with Crippen molar-refractivity contribution < 1.29 is 9.53 Å². The summed E-state index contributed by atoms with van der Waals surface area (Å²) in [6.07, 6.45) is 1.95. The second kappa shape index (κ2) is 11.3. The number of anilines is 2. The van der Waals surface area contributed by atoms with Crippen molar-refractivity contribution >= 4 is 52.1 Å². The van der Waals surface area contributed by atoms with Gasteiger partial charge in [0, 0.05) is 41.4 Å². The molecule has 3 N–H and O–H groups in total. The zero-order chi connectivity index (χ0) is 24.1. The first-order chi connectivity index (χ1) is 16.4. The normalized spacial score (nSPS) is 14.0. The number of rotatable bonds is 7. The van der Waals surface area contributed by atoms with Crippen molar-refractivity contribution in [1.29, 1.82) is 0 Å². The molecule has 3 aromatic carbocycles. The fourth-order valence-electron chi connectivity index (χ4n) is 4.07. The maximum absolute atomic E-state index is 12.1. The van der Waals surface area contributed by atoms with E-state index in [2.05, 4.69) is 16.0 Å². The third-order valence-corrected chi connectivity index (χ3v) is 6.65. The zero-order valence-electron chi connectivity index (χ0n) is 18.8. The SMILES string of the molecule is CC(=O)Nc1cc(OC2CCNCC2)cc(-c2ccccc2Cl)c1CNc1c(Cl)cccc1Cl. The Balaban J connectivity index is 1.79. The topological polar surface area (TPSA) is 62.4 Å². The van der Waals surface area contributed by atoms with Crippen molar-refractivity contribution in [3.05, 3.63) is 75.2 Å². The van der Waals surface area contributed by atoms with Crippen LogP contribution in [0, 0.1) is 0 Å². The van der Waals surface area contributed by atoms with Gasteiger partial charge in [-0.15, -0.1) is 0 Å². The molecule has 1 heterocycles. The molecule has 178 valence electrons. The smallest absolute Gasteiger partial charge is 0.221 e. The molecule has 0 aromatic heterocycles. The number of carbonyl (C=O) groups excluding carboxylic acids is 1. The van der Waals surface area contributed by atoms with Crippen LogP contribution in [-0.4, -0.2) is 25.1 Å². The molecule has 0 radical (unpaired) electrons. The molecule has 34 heavy (non-hydrogen) atoms. The molecule has 1 aliphatic rings. The van der Waals surface area contributed by atoms with Gasteiger partial charge in [0.15, 0.2) is 0 Å². The lowest BCUT2D eigenvalue weighted by molar-refractivity contribution is -0.114. The van der Waals surface area contributed by atoms with Crippen molar-refractivity contribution in [2.75, 3.05) is 23.7 Å². The second-order valence-electron chi connectivity index (χ2n) is 8.18. The summed E-state index contributed by atoms with van der Waals surface area (Å²) in [4.78, 5) is 12.1. The first kappa shape index (κ1) is 24.7. The van der Waals surface area contributed by atoms with E-state index in [0.717, 1.165) is 42.6 Å². The summed E-state index contributed by atoms with van der Waals surface area (Å²) in [5.41, 5.74) is 3.81. The molecule has 4 rings (SSSR count). The minimum Gasteiger partial charge on any atom is -0.490 e. The fraction of sp³-hybridized carbons (Fsp3) is 0.269. The van der Waals surface area contributed by atoms with E-state index >= 15 is 0 Å². The molecule has 3 aromatic rings. The van der Waals surface area contributed by atoms with Gasteiger partial charge in [-0.05, 0) is 55.8 Å². The summed E-state index contributed by atoms with van der Waals surface area (Å²) < 4.78 is 6.34. The molecule has 5 nitrogen and oxygen atoms in total. The van der Waals surface area contributed by atoms with Crippen LogP contribution in [0.15, 0.2) is 54.6 Å². The first-order valence-corrected chi connectivity index (χ1v) is 12.3. The third kappa shape index (κ3) is 5.97. The molecule has 1 fully saturated rings. The summed E-state index contributed by atoms with van der Waals surface area (Å²) in [5.74, 6) is 0.506. The average Bonchev–Trinajstić information content (AvgIpc) is 2.80. The molecule has 1 aliphatic heterocycles. The Morgan fingerprint density at radius 3 is 2.32 bits per heavy atom.